The highest BCUT2D eigenvalue weighted by Gasteiger charge is 2.10. The number of rotatable bonds is 8. The Bertz CT molecular complexity index is 751. The Labute approximate surface area is 159 Å². The molecule has 0 fully saturated rings. The molecule has 0 amide bonds. The lowest BCUT2D eigenvalue weighted by molar-refractivity contribution is 0.349. The molecule has 0 atom stereocenters. The minimum absolute atomic E-state index is 0.455. The predicted molar refractivity (Wildman–Crippen MR) is 108 cm³/mol. The number of thiocarbonyl (C=S) groups is 1. The quantitative estimate of drug-likeness (QED) is 0.421. The molecule has 0 spiro atoms. The van der Waals surface area contributed by atoms with Gasteiger partial charge < -0.3 is 19.5 Å². The molecule has 0 heterocycles. The van der Waals surface area contributed by atoms with E-state index >= 15 is 0 Å². The lowest BCUT2D eigenvalue weighted by Crippen LogP contribution is -2.33. The smallest absolute Gasteiger partial charge is 0.186 e. The first-order valence-electron chi connectivity index (χ1n) is 8.08. The van der Waals surface area contributed by atoms with Crippen LogP contribution >= 0.6 is 12.2 Å². The summed E-state index contributed by atoms with van der Waals surface area (Å²) in [4.78, 5) is 0. The summed E-state index contributed by atoms with van der Waals surface area (Å²) in [6.45, 7) is 0.727. The second-order valence-electron chi connectivity index (χ2n) is 5.31. The largest absolute Gasteiger partial charge is 0.496 e. The van der Waals surface area contributed by atoms with Crippen molar-refractivity contribution in [2.75, 3.05) is 27.9 Å². The van der Waals surface area contributed by atoms with Crippen LogP contribution < -0.4 is 25.0 Å². The predicted octanol–water partition coefficient (Wildman–Crippen LogP) is 2.75. The number of nitrogens with zero attached hydrogens (tertiary/aromatic N) is 1. The Morgan fingerprint density at radius 1 is 1.00 bits per heavy atom. The molecule has 7 heteroatoms. The summed E-state index contributed by atoms with van der Waals surface area (Å²) in [6, 6.07) is 13.7. The third-order valence-electron chi connectivity index (χ3n) is 3.65. The van der Waals surface area contributed by atoms with Gasteiger partial charge in [-0.3, -0.25) is 5.43 Å². The molecule has 26 heavy (non-hydrogen) atoms. The monoisotopic (exact) mass is 373 g/mol. The Morgan fingerprint density at radius 2 is 1.65 bits per heavy atom. The van der Waals surface area contributed by atoms with Gasteiger partial charge in [0, 0.05) is 18.2 Å². The molecular weight excluding hydrogens is 350 g/mol. The molecule has 0 aliphatic carbocycles. The normalized spacial score (nSPS) is 10.4. The van der Waals surface area contributed by atoms with Gasteiger partial charge in [-0.15, -0.1) is 0 Å². The highest BCUT2D eigenvalue weighted by Crippen LogP contribution is 2.33. The Hall–Kier alpha value is -2.80. The van der Waals surface area contributed by atoms with Crippen LogP contribution in [-0.2, 0) is 6.42 Å². The molecule has 0 radical (unpaired) electrons. The molecule has 2 N–H and O–H groups in total. The molecule has 6 nitrogen and oxygen atoms in total. The molecule has 0 saturated carbocycles. The van der Waals surface area contributed by atoms with Crippen LogP contribution in [0.15, 0.2) is 47.6 Å². The van der Waals surface area contributed by atoms with Crippen LogP contribution in [0.4, 0.5) is 0 Å². The number of hydrogen-bond acceptors (Lipinski definition) is 5. The first kappa shape index (κ1) is 19.5. The average molecular weight is 373 g/mol. The van der Waals surface area contributed by atoms with Crippen LogP contribution in [0.3, 0.4) is 0 Å². The van der Waals surface area contributed by atoms with Gasteiger partial charge >= 0.3 is 0 Å². The topological polar surface area (TPSA) is 64.1 Å². The Kier molecular flexibility index (Phi) is 7.70. The molecule has 0 aliphatic heterocycles. The second-order valence-corrected chi connectivity index (χ2v) is 5.72. The lowest BCUT2D eigenvalue weighted by atomic mass is 10.1. The number of methoxy groups -OCH3 is 3. The van der Waals surface area contributed by atoms with Crippen molar-refractivity contribution < 1.29 is 14.2 Å². The number of nitrogens with one attached hydrogen (secondary N) is 2. The highest BCUT2D eigenvalue weighted by molar-refractivity contribution is 7.80. The van der Waals surface area contributed by atoms with Gasteiger partial charge in [0.2, 0.25) is 0 Å². The minimum atomic E-state index is 0.455. The van der Waals surface area contributed by atoms with Crippen LogP contribution in [0.5, 0.6) is 17.2 Å². The number of ether oxygens (including phenoxy) is 3. The number of hydrazone groups is 1. The van der Waals surface area contributed by atoms with Crippen LogP contribution in [0.1, 0.15) is 11.1 Å². The van der Waals surface area contributed by atoms with E-state index in [0.717, 1.165) is 18.5 Å². The number of benzene rings is 2. The van der Waals surface area contributed by atoms with Gasteiger partial charge in [-0.05, 0) is 30.3 Å². The fourth-order valence-corrected chi connectivity index (χ4v) is 2.47. The van der Waals surface area contributed by atoms with Crippen molar-refractivity contribution in [3.8, 4) is 17.2 Å². The van der Waals surface area contributed by atoms with Gasteiger partial charge in [0.05, 0.1) is 27.5 Å². The van der Waals surface area contributed by atoms with Crippen LogP contribution in [0, 0.1) is 0 Å². The molecule has 0 aliphatic rings. The van der Waals surface area contributed by atoms with Gasteiger partial charge in [0.25, 0.3) is 0 Å². The Balaban J connectivity index is 1.89. The third kappa shape index (κ3) is 5.63. The zero-order chi connectivity index (χ0) is 18.8. The lowest BCUT2D eigenvalue weighted by Gasteiger charge is -2.12. The third-order valence-corrected chi connectivity index (χ3v) is 3.88. The van der Waals surface area contributed by atoms with E-state index in [1.54, 1.807) is 39.7 Å². The average Bonchev–Trinajstić information content (AvgIpc) is 2.68. The van der Waals surface area contributed by atoms with Crippen molar-refractivity contribution in [1.29, 1.82) is 0 Å². The molecular formula is C19H23N3O3S. The maximum Gasteiger partial charge on any atom is 0.186 e. The molecule has 2 aromatic rings. The van der Waals surface area contributed by atoms with Crippen molar-refractivity contribution in [2.45, 2.75) is 6.42 Å². The summed E-state index contributed by atoms with van der Waals surface area (Å²) < 4.78 is 15.9. The summed E-state index contributed by atoms with van der Waals surface area (Å²) >= 11 is 5.22. The molecule has 0 bridgehead atoms. The minimum Gasteiger partial charge on any atom is -0.496 e. The van der Waals surface area contributed by atoms with Crippen LogP contribution in [0.25, 0.3) is 0 Å². The van der Waals surface area contributed by atoms with E-state index in [9.17, 15) is 0 Å². The summed E-state index contributed by atoms with van der Waals surface area (Å²) in [5, 5.41) is 7.72. The summed E-state index contributed by atoms with van der Waals surface area (Å²) in [5.74, 6) is 1.81. The van der Waals surface area contributed by atoms with E-state index in [1.807, 2.05) is 18.2 Å². The van der Waals surface area contributed by atoms with E-state index in [4.69, 9.17) is 26.4 Å². The van der Waals surface area contributed by atoms with Gasteiger partial charge in [0.1, 0.15) is 5.75 Å². The van der Waals surface area contributed by atoms with E-state index in [1.165, 1.54) is 5.56 Å². The molecule has 2 rings (SSSR count). The molecule has 0 aromatic heterocycles. The zero-order valence-electron chi connectivity index (χ0n) is 15.1. The highest BCUT2D eigenvalue weighted by atomic mass is 32.1. The first-order chi connectivity index (χ1) is 12.7. The maximum absolute atomic E-state index is 5.36. The van der Waals surface area contributed by atoms with E-state index in [-0.39, 0.29) is 0 Å². The van der Waals surface area contributed by atoms with E-state index < -0.39 is 0 Å². The molecule has 2 aromatic carbocycles. The van der Waals surface area contributed by atoms with Gasteiger partial charge in [-0.2, -0.15) is 5.10 Å². The van der Waals surface area contributed by atoms with Crippen molar-refractivity contribution in [1.82, 2.24) is 10.7 Å². The fraction of sp³-hybridized carbons (Fsp3) is 0.263. The fourth-order valence-electron chi connectivity index (χ4n) is 2.32. The summed E-state index contributed by atoms with van der Waals surface area (Å²) in [5.41, 5.74) is 4.79. The summed E-state index contributed by atoms with van der Waals surface area (Å²) in [6.07, 6.45) is 2.50. The molecule has 138 valence electrons. The molecule has 0 unspecified atom stereocenters. The van der Waals surface area contributed by atoms with Crippen LogP contribution in [-0.4, -0.2) is 39.2 Å². The first-order valence-corrected chi connectivity index (χ1v) is 8.49. The van der Waals surface area contributed by atoms with Crippen LogP contribution in [0.2, 0.25) is 0 Å². The number of hydrogen-bond donors (Lipinski definition) is 2. The zero-order valence-corrected chi connectivity index (χ0v) is 15.9. The summed E-state index contributed by atoms with van der Waals surface area (Å²) in [7, 11) is 4.74. The Morgan fingerprint density at radius 3 is 2.31 bits per heavy atom. The van der Waals surface area contributed by atoms with E-state index in [2.05, 4.69) is 28.0 Å². The second kappa shape index (κ2) is 10.2. The van der Waals surface area contributed by atoms with Gasteiger partial charge in [-0.25, -0.2) is 0 Å². The van der Waals surface area contributed by atoms with Crippen molar-refractivity contribution in [3.63, 3.8) is 0 Å². The SMILES string of the molecule is COc1cc(OC)c(OC)cc1/C=N/NC(=S)NCCc1ccccc1. The van der Waals surface area contributed by atoms with Crippen molar-refractivity contribution in [2.24, 2.45) is 5.10 Å². The van der Waals surface area contributed by atoms with Crippen molar-refractivity contribution >= 4 is 23.5 Å². The van der Waals surface area contributed by atoms with Gasteiger partial charge in [-0.1, -0.05) is 30.3 Å². The maximum atomic E-state index is 5.36. The standard InChI is InChI=1S/C19H23N3O3S/c1-23-16-12-18(25-3)17(24-2)11-15(16)13-21-22-19(26)20-10-9-14-7-5-4-6-8-14/h4-8,11-13H,9-10H2,1-3H3,(H2,20,22,26)/b21-13+. The molecule has 0 saturated heterocycles. The van der Waals surface area contributed by atoms with E-state index in [0.29, 0.717) is 22.4 Å². The van der Waals surface area contributed by atoms with Gasteiger partial charge in [0.15, 0.2) is 16.6 Å². The van der Waals surface area contributed by atoms with Crippen molar-refractivity contribution in [3.05, 3.63) is 53.6 Å².